The van der Waals surface area contributed by atoms with Gasteiger partial charge in [0, 0.05) is 0 Å². The lowest BCUT2D eigenvalue weighted by Gasteiger charge is -2.07. The van der Waals surface area contributed by atoms with Gasteiger partial charge in [-0.25, -0.2) is 4.98 Å². The minimum absolute atomic E-state index is 0.0769. The van der Waals surface area contributed by atoms with Gasteiger partial charge in [0.15, 0.2) is 9.47 Å². The molecule has 0 aliphatic heterocycles. The van der Waals surface area contributed by atoms with Crippen LogP contribution in [0.4, 0.5) is 5.13 Å². The van der Waals surface area contributed by atoms with E-state index in [2.05, 4.69) is 20.5 Å². The van der Waals surface area contributed by atoms with E-state index < -0.39 is 0 Å². The van der Waals surface area contributed by atoms with Crippen molar-refractivity contribution >= 4 is 55.7 Å². The van der Waals surface area contributed by atoms with Gasteiger partial charge in [-0.3, -0.25) is 4.79 Å². The third-order valence-corrected chi connectivity index (χ3v) is 5.65. The largest absolute Gasteiger partial charge is 0.301 e. The fourth-order valence-corrected chi connectivity index (χ4v) is 4.49. The second-order valence-electron chi connectivity index (χ2n) is 4.32. The molecule has 0 fully saturated rings. The maximum Gasteiger partial charge on any atom is 0.239 e. The van der Waals surface area contributed by atoms with Crippen LogP contribution in [-0.4, -0.2) is 26.3 Å². The Labute approximate surface area is 133 Å². The van der Waals surface area contributed by atoms with Crippen molar-refractivity contribution in [3.05, 3.63) is 29.3 Å². The molecule has 0 radical (unpaired) electrons. The highest BCUT2D eigenvalue weighted by Crippen LogP contribution is 2.29. The maximum absolute atomic E-state index is 12.2. The summed E-state index contributed by atoms with van der Waals surface area (Å²) in [4.78, 5) is 16.6. The number of hydrogen-bond acceptors (Lipinski definition) is 7. The van der Waals surface area contributed by atoms with Crippen molar-refractivity contribution in [3.63, 3.8) is 0 Å². The minimum Gasteiger partial charge on any atom is -0.301 e. The zero-order chi connectivity index (χ0) is 14.8. The number of para-hydroxylation sites is 1. The SMILES string of the molecule is Cc1nnc(SC(C)C(=O)Nc2nc3ccccc3s2)s1. The molecule has 0 aliphatic rings. The quantitative estimate of drug-likeness (QED) is 0.738. The zero-order valence-corrected chi connectivity index (χ0v) is 13.8. The lowest BCUT2D eigenvalue weighted by molar-refractivity contribution is -0.115. The molecule has 0 aliphatic carbocycles. The van der Waals surface area contributed by atoms with Crippen LogP contribution in [0.2, 0.25) is 0 Å². The molecule has 1 amide bonds. The average Bonchev–Trinajstić information content (AvgIpc) is 3.04. The topological polar surface area (TPSA) is 67.8 Å². The average molecular weight is 336 g/mol. The number of rotatable bonds is 4. The van der Waals surface area contributed by atoms with E-state index in [1.165, 1.54) is 34.4 Å². The van der Waals surface area contributed by atoms with E-state index >= 15 is 0 Å². The van der Waals surface area contributed by atoms with Gasteiger partial charge in [0.1, 0.15) is 5.01 Å². The number of carbonyl (C=O) groups is 1. The number of aryl methyl sites for hydroxylation is 1. The number of amides is 1. The van der Waals surface area contributed by atoms with Gasteiger partial charge in [-0.1, -0.05) is 46.6 Å². The minimum atomic E-state index is -0.246. The summed E-state index contributed by atoms with van der Waals surface area (Å²) < 4.78 is 1.87. The molecule has 1 aromatic carbocycles. The van der Waals surface area contributed by atoms with E-state index in [-0.39, 0.29) is 11.2 Å². The van der Waals surface area contributed by atoms with E-state index in [0.29, 0.717) is 5.13 Å². The maximum atomic E-state index is 12.2. The van der Waals surface area contributed by atoms with Crippen LogP contribution < -0.4 is 5.32 Å². The Morgan fingerprint density at radius 3 is 2.81 bits per heavy atom. The van der Waals surface area contributed by atoms with Crippen LogP contribution in [0.1, 0.15) is 11.9 Å². The fraction of sp³-hybridized carbons (Fsp3) is 0.231. The van der Waals surface area contributed by atoms with E-state index in [1.807, 2.05) is 38.1 Å². The number of nitrogens with one attached hydrogen (secondary N) is 1. The molecular weight excluding hydrogens is 324 g/mol. The molecule has 1 N–H and O–H groups in total. The number of nitrogens with zero attached hydrogens (tertiary/aromatic N) is 3. The Morgan fingerprint density at radius 1 is 1.29 bits per heavy atom. The van der Waals surface area contributed by atoms with Gasteiger partial charge in [-0.15, -0.1) is 10.2 Å². The number of thioether (sulfide) groups is 1. The first-order valence-corrected chi connectivity index (χ1v) is 8.76. The van der Waals surface area contributed by atoms with Gasteiger partial charge < -0.3 is 5.32 Å². The first-order valence-electron chi connectivity index (χ1n) is 6.25. The van der Waals surface area contributed by atoms with Crippen molar-refractivity contribution in [2.45, 2.75) is 23.4 Å². The number of benzene rings is 1. The Morgan fingerprint density at radius 2 is 2.10 bits per heavy atom. The van der Waals surface area contributed by atoms with Crippen LogP contribution in [0.3, 0.4) is 0 Å². The molecule has 0 spiro atoms. The van der Waals surface area contributed by atoms with Crippen LogP contribution in [0, 0.1) is 6.92 Å². The highest BCUT2D eigenvalue weighted by atomic mass is 32.2. The summed E-state index contributed by atoms with van der Waals surface area (Å²) in [6.07, 6.45) is 0. The number of carbonyl (C=O) groups excluding carboxylic acids is 1. The number of thiazole rings is 1. The molecule has 1 atom stereocenters. The van der Waals surface area contributed by atoms with Crippen LogP contribution in [-0.2, 0) is 4.79 Å². The van der Waals surface area contributed by atoms with Crippen molar-refractivity contribution in [2.24, 2.45) is 0 Å². The van der Waals surface area contributed by atoms with Crippen LogP contribution >= 0.6 is 34.4 Å². The Kier molecular flexibility index (Phi) is 4.18. The summed E-state index contributed by atoms with van der Waals surface area (Å²) in [6.45, 7) is 3.75. The third kappa shape index (κ3) is 3.39. The monoisotopic (exact) mass is 336 g/mol. The Balaban J connectivity index is 1.67. The highest BCUT2D eigenvalue weighted by molar-refractivity contribution is 8.02. The predicted molar refractivity (Wildman–Crippen MR) is 88.2 cm³/mol. The lowest BCUT2D eigenvalue weighted by atomic mass is 10.3. The van der Waals surface area contributed by atoms with Gasteiger partial charge in [0.25, 0.3) is 0 Å². The first kappa shape index (κ1) is 14.4. The van der Waals surface area contributed by atoms with E-state index in [0.717, 1.165) is 19.6 Å². The smallest absolute Gasteiger partial charge is 0.239 e. The summed E-state index contributed by atoms with van der Waals surface area (Å²) >= 11 is 4.38. The van der Waals surface area contributed by atoms with Gasteiger partial charge >= 0.3 is 0 Å². The van der Waals surface area contributed by atoms with Gasteiger partial charge in [0.2, 0.25) is 5.91 Å². The summed E-state index contributed by atoms with van der Waals surface area (Å²) in [5, 5.41) is 12.1. The van der Waals surface area contributed by atoms with E-state index in [4.69, 9.17) is 0 Å². The van der Waals surface area contributed by atoms with Crippen molar-refractivity contribution in [3.8, 4) is 0 Å². The fourth-order valence-electron chi connectivity index (χ4n) is 1.66. The number of hydrogen-bond donors (Lipinski definition) is 1. The second kappa shape index (κ2) is 6.08. The molecule has 3 aromatic rings. The molecule has 21 heavy (non-hydrogen) atoms. The van der Waals surface area contributed by atoms with Crippen LogP contribution in [0.25, 0.3) is 10.2 Å². The number of fused-ring (bicyclic) bond motifs is 1. The normalized spacial score (nSPS) is 12.5. The third-order valence-electron chi connectivity index (χ3n) is 2.68. The molecule has 2 aromatic heterocycles. The molecule has 0 saturated heterocycles. The molecule has 5 nitrogen and oxygen atoms in total. The zero-order valence-electron chi connectivity index (χ0n) is 11.4. The van der Waals surface area contributed by atoms with Crippen molar-refractivity contribution in [2.75, 3.05) is 5.32 Å². The summed E-state index contributed by atoms with van der Waals surface area (Å²) in [6, 6.07) is 7.82. The Hall–Kier alpha value is -1.51. The molecule has 1 unspecified atom stereocenters. The molecule has 2 heterocycles. The summed E-state index contributed by atoms with van der Waals surface area (Å²) in [7, 11) is 0. The lowest BCUT2D eigenvalue weighted by Crippen LogP contribution is -2.22. The number of aromatic nitrogens is 3. The molecule has 0 saturated carbocycles. The van der Waals surface area contributed by atoms with Gasteiger partial charge in [-0.05, 0) is 26.0 Å². The van der Waals surface area contributed by atoms with E-state index in [1.54, 1.807) is 0 Å². The molecule has 108 valence electrons. The van der Waals surface area contributed by atoms with Gasteiger partial charge in [-0.2, -0.15) is 0 Å². The summed E-state index contributed by atoms with van der Waals surface area (Å²) in [5.74, 6) is -0.0769. The molecule has 0 bridgehead atoms. The Bertz CT molecular complexity index is 749. The predicted octanol–water partition coefficient (Wildman–Crippen LogP) is 3.58. The van der Waals surface area contributed by atoms with Crippen LogP contribution in [0.15, 0.2) is 28.6 Å². The number of anilines is 1. The first-order chi connectivity index (χ1) is 10.1. The van der Waals surface area contributed by atoms with E-state index in [9.17, 15) is 4.79 Å². The molecule has 3 rings (SSSR count). The molecular formula is C13H12N4OS3. The van der Waals surface area contributed by atoms with Gasteiger partial charge in [0.05, 0.1) is 15.5 Å². The van der Waals surface area contributed by atoms with Crippen molar-refractivity contribution < 1.29 is 4.79 Å². The van der Waals surface area contributed by atoms with Crippen molar-refractivity contribution in [1.29, 1.82) is 0 Å². The standard InChI is InChI=1S/C13H12N4OS3/c1-7(19-13-17-16-8(2)20-13)11(18)15-12-14-9-5-3-4-6-10(9)21-12/h3-7H,1-2H3,(H,14,15,18). The second-order valence-corrected chi connectivity index (χ2v) is 8.12. The molecule has 8 heteroatoms. The summed E-state index contributed by atoms with van der Waals surface area (Å²) in [5.41, 5.74) is 0.901. The highest BCUT2D eigenvalue weighted by Gasteiger charge is 2.18. The van der Waals surface area contributed by atoms with Crippen LogP contribution in [0.5, 0.6) is 0 Å². The van der Waals surface area contributed by atoms with Crippen molar-refractivity contribution in [1.82, 2.24) is 15.2 Å².